The van der Waals surface area contributed by atoms with Gasteiger partial charge >= 0.3 is 12.1 Å². The molecule has 0 fully saturated rings. The summed E-state index contributed by atoms with van der Waals surface area (Å²) in [6, 6.07) is 0. The maximum atomic E-state index is 12.8. The SMILES string of the molecule is COc1cnc(C(F)(F)F)c(C(F)F)c1CC(=O)O. The number of carboxylic acids is 1. The lowest BCUT2D eigenvalue weighted by molar-refractivity contribution is -0.143. The van der Waals surface area contributed by atoms with Crippen LogP contribution in [0.25, 0.3) is 0 Å². The first kappa shape index (κ1) is 15.1. The molecule has 0 atom stereocenters. The predicted octanol–water partition coefficient (Wildman–Crippen LogP) is 2.67. The number of pyridine rings is 1. The molecule has 0 unspecified atom stereocenters. The minimum Gasteiger partial charge on any atom is -0.495 e. The second kappa shape index (κ2) is 5.37. The first-order valence-corrected chi connectivity index (χ1v) is 4.81. The van der Waals surface area contributed by atoms with E-state index in [-0.39, 0.29) is 0 Å². The average Bonchev–Trinajstić information content (AvgIpc) is 2.25. The topological polar surface area (TPSA) is 59.4 Å². The van der Waals surface area contributed by atoms with Crippen molar-refractivity contribution < 1.29 is 36.6 Å². The fourth-order valence-electron chi connectivity index (χ4n) is 1.52. The Labute approximate surface area is 103 Å². The molecule has 0 spiro atoms. The summed E-state index contributed by atoms with van der Waals surface area (Å²) in [4.78, 5) is 13.5. The van der Waals surface area contributed by atoms with Gasteiger partial charge in [-0.3, -0.25) is 4.79 Å². The molecule has 1 aromatic rings. The quantitative estimate of drug-likeness (QED) is 0.864. The monoisotopic (exact) mass is 285 g/mol. The van der Waals surface area contributed by atoms with Crippen molar-refractivity contribution in [1.29, 1.82) is 0 Å². The number of ether oxygens (including phenoxy) is 1. The zero-order chi connectivity index (χ0) is 14.8. The van der Waals surface area contributed by atoms with Gasteiger partial charge in [0, 0.05) is 5.56 Å². The Morgan fingerprint density at radius 2 is 2.05 bits per heavy atom. The Balaban J connectivity index is 3.58. The number of carboxylic acid groups (broad SMARTS) is 1. The molecule has 0 amide bonds. The summed E-state index contributed by atoms with van der Waals surface area (Å²) in [6.07, 6.45) is -9.07. The molecule has 0 aliphatic heterocycles. The summed E-state index contributed by atoms with van der Waals surface area (Å²) in [7, 11) is 1.02. The van der Waals surface area contributed by atoms with Crippen molar-refractivity contribution in [1.82, 2.24) is 4.98 Å². The molecule has 19 heavy (non-hydrogen) atoms. The van der Waals surface area contributed by atoms with Crippen LogP contribution in [0.2, 0.25) is 0 Å². The Bertz CT molecular complexity index is 487. The fourth-order valence-corrected chi connectivity index (χ4v) is 1.52. The first-order chi connectivity index (χ1) is 8.68. The Hall–Kier alpha value is -1.93. The molecule has 106 valence electrons. The van der Waals surface area contributed by atoms with E-state index in [1.165, 1.54) is 0 Å². The summed E-state index contributed by atoms with van der Waals surface area (Å²) < 4.78 is 67.9. The van der Waals surface area contributed by atoms with Crippen LogP contribution in [0.3, 0.4) is 0 Å². The summed E-state index contributed by atoms with van der Waals surface area (Å²) in [5.41, 5.74) is -4.00. The molecule has 1 rings (SSSR count). The number of hydrogen-bond donors (Lipinski definition) is 1. The Morgan fingerprint density at radius 3 is 2.42 bits per heavy atom. The van der Waals surface area contributed by atoms with E-state index in [0.29, 0.717) is 6.20 Å². The number of alkyl halides is 5. The number of rotatable bonds is 4. The zero-order valence-corrected chi connectivity index (χ0v) is 9.46. The van der Waals surface area contributed by atoms with Gasteiger partial charge in [0.1, 0.15) is 5.75 Å². The van der Waals surface area contributed by atoms with Gasteiger partial charge in [-0.05, 0) is 0 Å². The van der Waals surface area contributed by atoms with E-state index in [2.05, 4.69) is 9.72 Å². The van der Waals surface area contributed by atoms with Crippen molar-refractivity contribution >= 4 is 5.97 Å². The van der Waals surface area contributed by atoms with E-state index in [1.54, 1.807) is 0 Å². The van der Waals surface area contributed by atoms with Gasteiger partial charge < -0.3 is 9.84 Å². The molecule has 0 aromatic carbocycles. The van der Waals surface area contributed by atoms with Crippen LogP contribution < -0.4 is 4.74 Å². The molecule has 0 aliphatic carbocycles. The molecular weight excluding hydrogens is 277 g/mol. The number of nitrogens with zero attached hydrogens (tertiary/aromatic N) is 1. The van der Waals surface area contributed by atoms with Crippen LogP contribution in [0, 0.1) is 0 Å². The van der Waals surface area contributed by atoms with E-state index in [9.17, 15) is 26.7 Å². The molecule has 1 N–H and O–H groups in total. The van der Waals surface area contributed by atoms with Crippen LogP contribution >= 0.6 is 0 Å². The number of halogens is 5. The minimum atomic E-state index is -5.11. The highest BCUT2D eigenvalue weighted by atomic mass is 19.4. The van der Waals surface area contributed by atoms with E-state index in [4.69, 9.17) is 5.11 Å². The van der Waals surface area contributed by atoms with E-state index in [0.717, 1.165) is 7.11 Å². The number of aromatic nitrogens is 1. The third-order valence-corrected chi connectivity index (χ3v) is 2.22. The summed E-state index contributed by atoms with van der Waals surface area (Å²) >= 11 is 0. The smallest absolute Gasteiger partial charge is 0.433 e. The number of hydrogen-bond acceptors (Lipinski definition) is 3. The lowest BCUT2D eigenvalue weighted by Crippen LogP contribution is -2.17. The van der Waals surface area contributed by atoms with Crippen molar-refractivity contribution in [3.05, 3.63) is 23.0 Å². The number of carbonyl (C=O) groups is 1. The van der Waals surface area contributed by atoms with Crippen LogP contribution in [-0.2, 0) is 17.4 Å². The lowest BCUT2D eigenvalue weighted by Gasteiger charge is -2.17. The van der Waals surface area contributed by atoms with Gasteiger partial charge in [0.2, 0.25) is 0 Å². The summed E-state index contributed by atoms with van der Waals surface area (Å²) in [6.45, 7) is 0. The predicted molar refractivity (Wildman–Crippen MR) is 52.1 cm³/mol. The third kappa shape index (κ3) is 3.30. The van der Waals surface area contributed by atoms with Crippen LogP contribution in [0.5, 0.6) is 5.75 Å². The third-order valence-electron chi connectivity index (χ3n) is 2.22. The Morgan fingerprint density at radius 1 is 1.47 bits per heavy atom. The number of aliphatic carboxylic acids is 1. The van der Waals surface area contributed by atoms with E-state index in [1.807, 2.05) is 0 Å². The van der Waals surface area contributed by atoms with Crippen molar-refractivity contribution in [3.8, 4) is 5.75 Å². The van der Waals surface area contributed by atoms with Crippen molar-refractivity contribution in [2.45, 2.75) is 19.0 Å². The largest absolute Gasteiger partial charge is 0.495 e. The average molecular weight is 285 g/mol. The molecule has 0 bridgehead atoms. The molecule has 0 saturated carbocycles. The normalized spacial score (nSPS) is 11.7. The molecule has 1 aromatic heterocycles. The van der Waals surface area contributed by atoms with Crippen LogP contribution in [0.15, 0.2) is 6.20 Å². The maximum absolute atomic E-state index is 12.8. The molecule has 0 radical (unpaired) electrons. The molecular formula is C10H8F5NO3. The van der Waals surface area contributed by atoms with E-state index >= 15 is 0 Å². The molecule has 0 aliphatic rings. The fraction of sp³-hybridized carbons (Fsp3) is 0.400. The van der Waals surface area contributed by atoms with Gasteiger partial charge in [0.05, 0.1) is 25.3 Å². The van der Waals surface area contributed by atoms with Gasteiger partial charge in [-0.15, -0.1) is 0 Å². The standard InChI is InChI=1S/C10H8F5NO3/c1-19-5-3-16-8(10(13,14)15)7(9(11)12)4(5)2-6(17)18/h3,9H,2H2,1H3,(H,17,18). The van der Waals surface area contributed by atoms with Crippen LogP contribution in [0.4, 0.5) is 22.0 Å². The zero-order valence-electron chi connectivity index (χ0n) is 9.46. The molecule has 0 saturated heterocycles. The van der Waals surface area contributed by atoms with Crippen molar-refractivity contribution in [2.24, 2.45) is 0 Å². The van der Waals surface area contributed by atoms with Gasteiger partial charge in [0.15, 0.2) is 5.69 Å². The van der Waals surface area contributed by atoms with Crippen LogP contribution in [-0.4, -0.2) is 23.2 Å². The highest BCUT2D eigenvalue weighted by molar-refractivity contribution is 5.72. The molecule has 1 heterocycles. The maximum Gasteiger partial charge on any atom is 0.433 e. The Kier molecular flexibility index (Phi) is 4.28. The van der Waals surface area contributed by atoms with Gasteiger partial charge in [-0.1, -0.05) is 0 Å². The van der Waals surface area contributed by atoms with Crippen molar-refractivity contribution in [3.63, 3.8) is 0 Å². The second-order valence-electron chi connectivity index (χ2n) is 3.44. The molecule has 4 nitrogen and oxygen atoms in total. The highest BCUT2D eigenvalue weighted by Gasteiger charge is 2.40. The van der Waals surface area contributed by atoms with Crippen LogP contribution in [0.1, 0.15) is 23.2 Å². The first-order valence-electron chi connectivity index (χ1n) is 4.81. The summed E-state index contributed by atoms with van der Waals surface area (Å²) in [5, 5.41) is 8.58. The van der Waals surface area contributed by atoms with Crippen molar-refractivity contribution in [2.75, 3.05) is 7.11 Å². The van der Waals surface area contributed by atoms with Gasteiger partial charge in [-0.2, -0.15) is 13.2 Å². The summed E-state index contributed by atoms with van der Waals surface area (Å²) in [5.74, 6) is -1.98. The second-order valence-corrected chi connectivity index (χ2v) is 3.44. The highest BCUT2D eigenvalue weighted by Crippen LogP contribution is 2.39. The van der Waals surface area contributed by atoms with Gasteiger partial charge in [-0.25, -0.2) is 13.8 Å². The van der Waals surface area contributed by atoms with Gasteiger partial charge in [0.25, 0.3) is 6.43 Å². The van der Waals surface area contributed by atoms with E-state index < -0.39 is 47.6 Å². The minimum absolute atomic E-state index is 0.425. The lowest BCUT2D eigenvalue weighted by atomic mass is 10.0. The number of methoxy groups -OCH3 is 1. The molecule has 9 heteroatoms.